The number of aromatic nitrogens is 2. The molecular formula is C17H12ClN3O4. The van der Waals surface area contributed by atoms with Crippen LogP contribution in [0.2, 0.25) is 5.02 Å². The third kappa shape index (κ3) is 3.27. The maximum Gasteiger partial charge on any atom is 0.322 e. The van der Waals surface area contributed by atoms with Crippen LogP contribution in [0.15, 0.2) is 52.9 Å². The lowest BCUT2D eigenvalue weighted by Crippen LogP contribution is -2.21. The molecule has 25 heavy (non-hydrogen) atoms. The van der Waals surface area contributed by atoms with Gasteiger partial charge in [-0.2, -0.15) is 0 Å². The molecule has 0 fully saturated rings. The van der Waals surface area contributed by atoms with E-state index in [0.29, 0.717) is 22.1 Å². The van der Waals surface area contributed by atoms with Gasteiger partial charge in [-0.25, -0.2) is 0 Å². The van der Waals surface area contributed by atoms with Gasteiger partial charge in [0, 0.05) is 10.6 Å². The van der Waals surface area contributed by atoms with Crippen molar-refractivity contribution in [2.75, 3.05) is 11.9 Å². The molecule has 1 unspecified atom stereocenters. The Morgan fingerprint density at radius 1 is 1.08 bits per heavy atom. The molecule has 2 heterocycles. The normalized spacial score (nSPS) is 15.6. The standard InChI is InChI=1S/C17H12ClN3O4/c18-11-7-5-10(6-8-11)15(22)19-17-21-20-16(25-17)14-9-23-12-3-1-2-4-13(12)24-14/h1-8,14H,9H2,(H,19,21,22). The van der Waals surface area contributed by atoms with Gasteiger partial charge in [0.05, 0.1) is 0 Å². The molecule has 1 aromatic heterocycles. The molecule has 0 spiro atoms. The second-order valence-corrected chi connectivity index (χ2v) is 5.71. The number of amides is 1. The van der Waals surface area contributed by atoms with Crippen LogP contribution in [0.5, 0.6) is 11.5 Å². The van der Waals surface area contributed by atoms with Crippen LogP contribution in [-0.4, -0.2) is 22.7 Å². The van der Waals surface area contributed by atoms with E-state index in [1.807, 2.05) is 18.2 Å². The predicted molar refractivity (Wildman–Crippen MR) is 89.0 cm³/mol. The Labute approximate surface area is 147 Å². The summed E-state index contributed by atoms with van der Waals surface area (Å²) in [5.74, 6) is 1.11. The van der Waals surface area contributed by atoms with E-state index in [4.69, 9.17) is 25.5 Å². The maximum atomic E-state index is 12.1. The number of hydrogen-bond donors (Lipinski definition) is 1. The van der Waals surface area contributed by atoms with Gasteiger partial charge in [0.1, 0.15) is 6.61 Å². The van der Waals surface area contributed by atoms with Crippen molar-refractivity contribution < 1.29 is 18.7 Å². The molecule has 0 saturated carbocycles. The minimum absolute atomic E-state index is 0.0163. The molecule has 1 amide bonds. The number of nitrogens with one attached hydrogen (secondary N) is 1. The van der Waals surface area contributed by atoms with Crippen LogP contribution in [-0.2, 0) is 0 Å². The second kappa shape index (κ2) is 6.45. The van der Waals surface area contributed by atoms with E-state index in [2.05, 4.69) is 15.5 Å². The third-order valence-corrected chi connectivity index (χ3v) is 3.80. The Morgan fingerprint density at radius 2 is 1.84 bits per heavy atom. The summed E-state index contributed by atoms with van der Waals surface area (Å²) in [6.45, 7) is 0.240. The van der Waals surface area contributed by atoms with E-state index in [9.17, 15) is 4.79 Å². The fourth-order valence-electron chi connectivity index (χ4n) is 2.33. The number of carbonyl (C=O) groups is 1. The van der Waals surface area contributed by atoms with Crippen molar-refractivity contribution in [3.05, 3.63) is 65.0 Å². The first kappa shape index (κ1) is 15.5. The predicted octanol–water partition coefficient (Wildman–Crippen LogP) is 3.49. The zero-order valence-corrected chi connectivity index (χ0v) is 13.6. The van der Waals surface area contributed by atoms with E-state index < -0.39 is 6.10 Å². The van der Waals surface area contributed by atoms with Crippen LogP contribution < -0.4 is 14.8 Å². The van der Waals surface area contributed by atoms with Gasteiger partial charge in [0.15, 0.2) is 11.5 Å². The average molecular weight is 358 g/mol. The van der Waals surface area contributed by atoms with Gasteiger partial charge in [-0.3, -0.25) is 10.1 Å². The monoisotopic (exact) mass is 357 g/mol. The first-order valence-corrected chi connectivity index (χ1v) is 7.85. The minimum atomic E-state index is -0.538. The highest BCUT2D eigenvalue weighted by Crippen LogP contribution is 2.35. The van der Waals surface area contributed by atoms with Crippen LogP contribution in [0.25, 0.3) is 0 Å². The maximum absolute atomic E-state index is 12.1. The van der Waals surface area contributed by atoms with Crippen LogP contribution >= 0.6 is 11.6 Å². The Morgan fingerprint density at radius 3 is 2.64 bits per heavy atom. The molecule has 0 aliphatic carbocycles. The Balaban J connectivity index is 1.46. The zero-order chi connectivity index (χ0) is 17.2. The molecular weight excluding hydrogens is 346 g/mol. The van der Waals surface area contributed by atoms with Gasteiger partial charge in [0.2, 0.25) is 6.10 Å². The van der Waals surface area contributed by atoms with Crippen LogP contribution in [0.4, 0.5) is 6.01 Å². The first-order chi connectivity index (χ1) is 12.2. The summed E-state index contributed by atoms with van der Waals surface area (Å²) in [6.07, 6.45) is -0.538. The highest BCUT2D eigenvalue weighted by atomic mass is 35.5. The zero-order valence-electron chi connectivity index (χ0n) is 12.8. The molecule has 1 aliphatic rings. The Bertz CT molecular complexity index is 910. The van der Waals surface area contributed by atoms with E-state index in [-0.39, 0.29) is 24.4 Å². The van der Waals surface area contributed by atoms with Gasteiger partial charge in [0.25, 0.3) is 11.8 Å². The fourth-order valence-corrected chi connectivity index (χ4v) is 2.45. The first-order valence-electron chi connectivity index (χ1n) is 7.48. The summed E-state index contributed by atoms with van der Waals surface area (Å²) in [6, 6.07) is 13.8. The number of para-hydroxylation sites is 2. The van der Waals surface area contributed by atoms with Crippen molar-refractivity contribution in [3.63, 3.8) is 0 Å². The largest absolute Gasteiger partial charge is 0.485 e. The molecule has 2 aromatic carbocycles. The van der Waals surface area contributed by atoms with E-state index in [1.54, 1.807) is 30.3 Å². The molecule has 1 atom stereocenters. The molecule has 8 heteroatoms. The summed E-state index contributed by atoms with van der Waals surface area (Å²) in [4.78, 5) is 12.1. The number of halogens is 1. The van der Waals surface area contributed by atoms with Crippen LogP contribution in [0, 0.1) is 0 Å². The van der Waals surface area contributed by atoms with Gasteiger partial charge in [-0.15, -0.1) is 5.10 Å². The molecule has 4 rings (SSSR count). The molecule has 0 radical (unpaired) electrons. The van der Waals surface area contributed by atoms with Crippen molar-refractivity contribution >= 4 is 23.5 Å². The highest BCUT2D eigenvalue weighted by molar-refractivity contribution is 6.30. The number of hydrogen-bond acceptors (Lipinski definition) is 6. The molecule has 3 aromatic rings. The summed E-state index contributed by atoms with van der Waals surface area (Å²) in [5, 5.41) is 10.8. The number of anilines is 1. The summed E-state index contributed by atoms with van der Waals surface area (Å²) in [7, 11) is 0. The lowest BCUT2D eigenvalue weighted by molar-refractivity contribution is 0.0716. The van der Waals surface area contributed by atoms with E-state index in [0.717, 1.165) is 0 Å². The van der Waals surface area contributed by atoms with Gasteiger partial charge in [-0.05, 0) is 36.4 Å². The molecule has 0 bridgehead atoms. The minimum Gasteiger partial charge on any atom is -0.485 e. The van der Waals surface area contributed by atoms with E-state index >= 15 is 0 Å². The van der Waals surface area contributed by atoms with Crippen molar-refractivity contribution in [1.29, 1.82) is 0 Å². The Hall–Kier alpha value is -3.06. The van der Waals surface area contributed by atoms with Crippen molar-refractivity contribution in [3.8, 4) is 11.5 Å². The number of ether oxygens (including phenoxy) is 2. The van der Waals surface area contributed by atoms with Crippen molar-refractivity contribution in [1.82, 2.24) is 10.2 Å². The number of benzene rings is 2. The number of carbonyl (C=O) groups excluding carboxylic acids is 1. The Kier molecular flexibility index (Phi) is 3.99. The molecule has 7 nitrogen and oxygen atoms in total. The van der Waals surface area contributed by atoms with Gasteiger partial charge >= 0.3 is 6.01 Å². The molecule has 0 saturated heterocycles. The SMILES string of the molecule is O=C(Nc1nnc(C2COc3ccccc3O2)o1)c1ccc(Cl)cc1. The average Bonchev–Trinajstić information content (AvgIpc) is 3.10. The molecule has 1 aliphatic heterocycles. The summed E-state index contributed by atoms with van der Waals surface area (Å²) >= 11 is 5.80. The number of fused-ring (bicyclic) bond motifs is 1. The van der Waals surface area contributed by atoms with Gasteiger partial charge in [-0.1, -0.05) is 28.8 Å². The lowest BCUT2D eigenvalue weighted by Gasteiger charge is -2.23. The second-order valence-electron chi connectivity index (χ2n) is 5.27. The van der Waals surface area contributed by atoms with E-state index in [1.165, 1.54) is 0 Å². The third-order valence-electron chi connectivity index (χ3n) is 3.55. The number of rotatable bonds is 3. The highest BCUT2D eigenvalue weighted by Gasteiger charge is 2.27. The van der Waals surface area contributed by atoms with Gasteiger partial charge < -0.3 is 13.9 Å². The summed E-state index contributed by atoms with van der Waals surface area (Å²) in [5.41, 5.74) is 0.426. The number of nitrogens with zero attached hydrogens (tertiary/aromatic N) is 2. The van der Waals surface area contributed by atoms with Crippen molar-refractivity contribution in [2.45, 2.75) is 6.10 Å². The quantitative estimate of drug-likeness (QED) is 0.772. The van der Waals surface area contributed by atoms with Crippen LogP contribution in [0.1, 0.15) is 22.4 Å². The van der Waals surface area contributed by atoms with Crippen molar-refractivity contribution in [2.24, 2.45) is 0 Å². The fraction of sp³-hybridized carbons (Fsp3) is 0.118. The topological polar surface area (TPSA) is 86.5 Å². The lowest BCUT2D eigenvalue weighted by atomic mass is 10.2. The summed E-state index contributed by atoms with van der Waals surface area (Å²) < 4.78 is 16.9. The molecule has 126 valence electrons. The van der Waals surface area contributed by atoms with Crippen LogP contribution in [0.3, 0.4) is 0 Å². The smallest absolute Gasteiger partial charge is 0.322 e. The molecule has 1 N–H and O–H groups in total.